The van der Waals surface area contributed by atoms with E-state index in [0.717, 1.165) is 11.3 Å². The molecule has 0 saturated carbocycles. The zero-order chi connectivity index (χ0) is 17.5. The topological polar surface area (TPSA) is 62.1 Å². The van der Waals surface area contributed by atoms with E-state index in [1.165, 1.54) is 6.08 Å². The summed E-state index contributed by atoms with van der Waals surface area (Å²) < 4.78 is 5.56. The summed E-state index contributed by atoms with van der Waals surface area (Å²) in [5, 5.41) is 12.5. The first kappa shape index (κ1) is 17.6. The van der Waals surface area contributed by atoms with E-state index in [9.17, 15) is 10.1 Å². The summed E-state index contributed by atoms with van der Waals surface area (Å²) in [6.45, 7) is 3.89. The zero-order valence-corrected chi connectivity index (χ0v) is 14.2. The van der Waals surface area contributed by atoms with Crippen molar-refractivity contribution in [3.63, 3.8) is 0 Å². The van der Waals surface area contributed by atoms with Gasteiger partial charge in [-0.2, -0.15) is 5.26 Å². The minimum Gasteiger partial charge on any atom is -0.491 e. The van der Waals surface area contributed by atoms with Crippen molar-refractivity contribution >= 4 is 29.3 Å². The molecule has 24 heavy (non-hydrogen) atoms. The molecule has 0 atom stereocenters. The van der Waals surface area contributed by atoms with Gasteiger partial charge in [0.05, 0.1) is 6.10 Å². The van der Waals surface area contributed by atoms with Crippen LogP contribution in [0.3, 0.4) is 0 Å². The van der Waals surface area contributed by atoms with Gasteiger partial charge in [0, 0.05) is 10.7 Å². The van der Waals surface area contributed by atoms with Crippen molar-refractivity contribution in [2.75, 3.05) is 5.32 Å². The first-order chi connectivity index (χ1) is 11.5. The van der Waals surface area contributed by atoms with Crippen LogP contribution < -0.4 is 10.1 Å². The van der Waals surface area contributed by atoms with Crippen LogP contribution in [0, 0.1) is 11.3 Å². The number of ether oxygens (including phenoxy) is 1. The third-order valence-corrected chi connectivity index (χ3v) is 3.28. The Hall–Kier alpha value is -2.77. The summed E-state index contributed by atoms with van der Waals surface area (Å²) >= 11 is 5.80. The van der Waals surface area contributed by atoms with E-state index in [-0.39, 0.29) is 11.7 Å². The SMILES string of the molecule is CC(C)Oc1ccc(/C=C(/C#N)C(=O)Nc2ccc(Cl)cc2)cc1. The van der Waals surface area contributed by atoms with Crippen molar-refractivity contribution in [2.24, 2.45) is 0 Å². The van der Waals surface area contributed by atoms with Crippen LogP contribution in [0.4, 0.5) is 5.69 Å². The van der Waals surface area contributed by atoms with Gasteiger partial charge in [0.1, 0.15) is 17.4 Å². The number of rotatable bonds is 5. The highest BCUT2D eigenvalue weighted by atomic mass is 35.5. The third kappa shape index (κ3) is 5.15. The summed E-state index contributed by atoms with van der Waals surface area (Å²) in [5.74, 6) is 0.272. The molecule has 0 spiro atoms. The fourth-order valence-corrected chi connectivity index (χ4v) is 2.09. The Kier molecular flexibility index (Phi) is 6.00. The first-order valence-electron chi connectivity index (χ1n) is 7.43. The second-order valence-corrected chi connectivity index (χ2v) is 5.80. The second kappa shape index (κ2) is 8.19. The monoisotopic (exact) mass is 340 g/mol. The molecule has 0 aliphatic heterocycles. The molecular weight excluding hydrogens is 324 g/mol. The molecule has 5 heteroatoms. The van der Waals surface area contributed by atoms with Crippen molar-refractivity contribution in [3.05, 3.63) is 64.7 Å². The number of halogens is 1. The minimum atomic E-state index is -0.470. The molecule has 0 radical (unpaired) electrons. The number of benzene rings is 2. The van der Waals surface area contributed by atoms with Crippen LogP contribution in [0.5, 0.6) is 5.75 Å². The van der Waals surface area contributed by atoms with Gasteiger partial charge in [-0.1, -0.05) is 23.7 Å². The fourth-order valence-electron chi connectivity index (χ4n) is 1.96. The molecule has 0 fully saturated rings. The lowest BCUT2D eigenvalue weighted by Gasteiger charge is -2.09. The van der Waals surface area contributed by atoms with E-state index in [0.29, 0.717) is 10.7 Å². The molecule has 1 amide bonds. The van der Waals surface area contributed by atoms with E-state index in [2.05, 4.69) is 5.32 Å². The van der Waals surface area contributed by atoms with Crippen LogP contribution >= 0.6 is 11.6 Å². The number of nitriles is 1. The van der Waals surface area contributed by atoms with Crippen LogP contribution in [0.2, 0.25) is 5.02 Å². The Bertz CT molecular complexity index is 773. The van der Waals surface area contributed by atoms with Gasteiger partial charge >= 0.3 is 0 Å². The van der Waals surface area contributed by atoms with Gasteiger partial charge < -0.3 is 10.1 Å². The average Bonchev–Trinajstić information content (AvgIpc) is 2.55. The molecule has 0 saturated heterocycles. The molecule has 0 bridgehead atoms. The molecule has 0 unspecified atom stereocenters. The highest BCUT2D eigenvalue weighted by molar-refractivity contribution is 6.30. The maximum Gasteiger partial charge on any atom is 0.266 e. The van der Waals surface area contributed by atoms with Gasteiger partial charge in [0.2, 0.25) is 0 Å². The van der Waals surface area contributed by atoms with Gasteiger partial charge in [0.15, 0.2) is 0 Å². The van der Waals surface area contributed by atoms with Crippen LogP contribution in [-0.4, -0.2) is 12.0 Å². The number of nitrogens with one attached hydrogen (secondary N) is 1. The molecular formula is C19H17ClN2O2. The normalized spacial score (nSPS) is 11.0. The van der Waals surface area contributed by atoms with E-state index < -0.39 is 5.91 Å². The lowest BCUT2D eigenvalue weighted by molar-refractivity contribution is -0.112. The molecule has 0 aromatic heterocycles. The van der Waals surface area contributed by atoms with Gasteiger partial charge in [-0.05, 0) is 61.9 Å². The quantitative estimate of drug-likeness (QED) is 0.635. The molecule has 2 aromatic carbocycles. The van der Waals surface area contributed by atoms with Gasteiger partial charge in [-0.3, -0.25) is 4.79 Å². The van der Waals surface area contributed by atoms with Crippen LogP contribution in [0.25, 0.3) is 6.08 Å². The molecule has 2 rings (SSSR count). The van der Waals surface area contributed by atoms with Crippen molar-refractivity contribution in [1.82, 2.24) is 0 Å². The molecule has 0 aliphatic rings. The second-order valence-electron chi connectivity index (χ2n) is 5.37. The molecule has 2 aromatic rings. The predicted molar refractivity (Wildman–Crippen MR) is 95.9 cm³/mol. The summed E-state index contributed by atoms with van der Waals surface area (Å²) in [5.41, 5.74) is 1.34. The summed E-state index contributed by atoms with van der Waals surface area (Å²) in [4.78, 5) is 12.2. The van der Waals surface area contributed by atoms with Crippen molar-refractivity contribution in [2.45, 2.75) is 20.0 Å². The van der Waals surface area contributed by atoms with Crippen molar-refractivity contribution < 1.29 is 9.53 Å². The van der Waals surface area contributed by atoms with E-state index in [1.807, 2.05) is 19.9 Å². The van der Waals surface area contributed by atoms with Crippen LogP contribution in [0.1, 0.15) is 19.4 Å². The smallest absolute Gasteiger partial charge is 0.266 e. The maximum absolute atomic E-state index is 12.2. The van der Waals surface area contributed by atoms with E-state index in [1.54, 1.807) is 48.5 Å². The number of nitrogens with zero attached hydrogens (tertiary/aromatic N) is 1. The maximum atomic E-state index is 12.2. The number of carbonyl (C=O) groups is 1. The first-order valence-corrected chi connectivity index (χ1v) is 7.81. The standard InChI is InChI=1S/C19H17ClN2O2/c1-13(2)24-18-9-3-14(4-10-18)11-15(12-21)19(23)22-17-7-5-16(20)6-8-17/h3-11,13H,1-2H3,(H,22,23)/b15-11-. The lowest BCUT2D eigenvalue weighted by atomic mass is 10.1. The van der Waals surface area contributed by atoms with Crippen LogP contribution in [-0.2, 0) is 4.79 Å². The largest absolute Gasteiger partial charge is 0.491 e. The van der Waals surface area contributed by atoms with Crippen molar-refractivity contribution in [3.8, 4) is 11.8 Å². The minimum absolute atomic E-state index is 0.0162. The van der Waals surface area contributed by atoms with Crippen molar-refractivity contribution in [1.29, 1.82) is 5.26 Å². The fraction of sp³-hybridized carbons (Fsp3) is 0.158. The number of hydrogen-bond donors (Lipinski definition) is 1. The average molecular weight is 341 g/mol. The number of anilines is 1. The van der Waals surface area contributed by atoms with Gasteiger partial charge in [-0.15, -0.1) is 0 Å². The molecule has 122 valence electrons. The van der Waals surface area contributed by atoms with Gasteiger partial charge in [-0.25, -0.2) is 0 Å². The van der Waals surface area contributed by atoms with E-state index in [4.69, 9.17) is 16.3 Å². The Balaban J connectivity index is 2.11. The summed E-state index contributed by atoms with van der Waals surface area (Å²) in [6.07, 6.45) is 1.62. The Morgan fingerprint density at radius 3 is 2.33 bits per heavy atom. The van der Waals surface area contributed by atoms with Crippen LogP contribution in [0.15, 0.2) is 54.1 Å². The highest BCUT2D eigenvalue weighted by Gasteiger charge is 2.09. The zero-order valence-electron chi connectivity index (χ0n) is 13.4. The van der Waals surface area contributed by atoms with E-state index >= 15 is 0 Å². The Morgan fingerprint density at radius 2 is 1.79 bits per heavy atom. The highest BCUT2D eigenvalue weighted by Crippen LogP contribution is 2.17. The number of hydrogen-bond acceptors (Lipinski definition) is 3. The van der Waals surface area contributed by atoms with Gasteiger partial charge in [0.25, 0.3) is 5.91 Å². The molecule has 0 aliphatic carbocycles. The predicted octanol–water partition coefficient (Wildman–Crippen LogP) is 4.67. The number of carbonyl (C=O) groups excluding carboxylic acids is 1. The number of amides is 1. The third-order valence-electron chi connectivity index (χ3n) is 3.03. The molecule has 4 nitrogen and oxygen atoms in total. The molecule has 0 heterocycles. The summed E-state index contributed by atoms with van der Waals surface area (Å²) in [7, 11) is 0. The summed E-state index contributed by atoms with van der Waals surface area (Å²) in [6, 6.07) is 15.8. The molecule has 1 N–H and O–H groups in total. The Labute approximate surface area is 146 Å². The Morgan fingerprint density at radius 1 is 1.17 bits per heavy atom. The lowest BCUT2D eigenvalue weighted by Crippen LogP contribution is -2.13.